The van der Waals surface area contributed by atoms with Crippen LogP contribution in [0, 0.1) is 13.8 Å². The van der Waals surface area contributed by atoms with Gasteiger partial charge in [0.15, 0.2) is 0 Å². The third kappa shape index (κ3) is 5.66. The molecule has 0 saturated heterocycles. The van der Waals surface area contributed by atoms with E-state index in [0.29, 0.717) is 18.0 Å². The summed E-state index contributed by atoms with van der Waals surface area (Å²) in [6, 6.07) is 20.0. The first kappa shape index (κ1) is 21.4. The predicted molar refractivity (Wildman–Crippen MR) is 128 cm³/mol. The number of rotatable bonds is 8. The van der Waals surface area contributed by atoms with Gasteiger partial charge in [-0.15, -0.1) is 23.1 Å². The Morgan fingerprint density at radius 2 is 1.84 bits per heavy atom. The van der Waals surface area contributed by atoms with Crippen molar-refractivity contribution < 1.29 is 9.21 Å². The lowest BCUT2D eigenvalue weighted by Crippen LogP contribution is -2.25. The minimum Gasteiger partial charge on any atom is -0.441 e. The third-order valence-corrected chi connectivity index (χ3v) is 6.88. The summed E-state index contributed by atoms with van der Waals surface area (Å²) >= 11 is 3.45. The first-order valence-corrected chi connectivity index (χ1v) is 12.0. The molecular formula is C25H24N2O2S2. The molecule has 0 unspecified atom stereocenters. The van der Waals surface area contributed by atoms with E-state index in [1.165, 1.54) is 15.3 Å². The second-order valence-corrected chi connectivity index (χ2v) is 9.37. The van der Waals surface area contributed by atoms with Gasteiger partial charge in [-0.25, -0.2) is 4.98 Å². The van der Waals surface area contributed by atoms with E-state index >= 15 is 0 Å². The Balaban J connectivity index is 1.35. The van der Waals surface area contributed by atoms with E-state index in [0.717, 1.165) is 29.2 Å². The molecule has 0 atom stereocenters. The van der Waals surface area contributed by atoms with E-state index in [1.54, 1.807) is 23.1 Å². The van der Waals surface area contributed by atoms with Crippen molar-refractivity contribution in [1.29, 1.82) is 0 Å². The van der Waals surface area contributed by atoms with Crippen LogP contribution < -0.4 is 5.32 Å². The van der Waals surface area contributed by atoms with Crippen LogP contribution in [-0.2, 0) is 12.2 Å². The van der Waals surface area contributed by atoms with Crippen molar-refractivity contribution in [1.82, 2.24) is 10.3 Å². The van der Waals surface area contributed by atoms with Crippen LogP contribution in [0.2, 0.25) is 0 Å². The topological polar surface area (TPSA) is 55.1 Å². The molecule has 0 bridgehead atoms. The maximum atomic E-state index is 12.4. The van der Waals surface area contributed by atoms with Gasteiger partial charge in [0.1, 0.15) is 5.76 Å². The van der Waals surface area contributed by atoms with Gasteiger partial charge in [-0.1, -0.05) is 23.8 Å². The molecule has 2 aromatic carbocycles. The highest BCUT2D eigenvalue weighted by molar-refractivity contribution is 7.98. The normalized spacial score (nSPS) is 10.9. The van der Waals surface area contributed by atoms with Gasteiger partial charge in [0, 0.05) is 33.2 Å². The van der Waals surface area contributed by atoms with Gasteiger partial charge in [0.2, 0.25) is 5.89 Å². The fraction of sp³-hybridized carbons (Fsp3) is 0.200. The molecule has 0 aliphatic carbocycles. The first-order valence-electron chi connectivity index (χ1n) is 10.2. The first-order chi connectivity index (χ1) is 15.1. The number of nitrogens with one attached hydrogen (secondary N) is 1. The Morgan fingerprint density at radius 1 is 1.06 bits per heavy atom. The van der Waals surface area contributed by atoms with Crippen LogP contribution in [0.1, 0.15) is 32.3 Å². The van der Waals surface area contributed by atoms with Crippen LogP contribution >= 0.6 is 23.1 Å². The fourth-order valence-electron chi connectivity index (χ4n) is 3.09. The minimum absolute atomic E-state index is 0.0677. The lowest BCUT2D eigenvalue weighted by molar-refractivity contribution is 0.0954. The molecule has 0 spiro atoms. The SMILES string of the molecule is Cc1ccc(SCc2nc(-c3ccc(C(=O)NCCc4cccs4)cc3)oc2C)cc1. The predicted octanol–water partition coefficient (Wildman–Crippen LogP) is 6.28. The van der Waals surface area contributed by atoms with Gasteiger partial charge in [-0.2, -0.15) is 0 Å². The molecule has 31 heavy (non-hydrogen) atoms. The van der Waals surface area contributed by atoms with Crippen LogP contribution in [-0.4, -0.2) is 17.4 Å². The van der Waals surface area contributed by atoms with Gasteiger partial charge in [0.25, 0.3) is 5.91 Å². The molecule has 1 N–H and O–H groups in total. The van der Waals surface area contributed by atoms with Crippen molar-refractivity contribution >= 4 is 29.0 Å². The summed E-state index contributed by atoms with van der Waals surface area (Å²) in [5, 5.41) is 5.02. The standard InChI is InChI=1S/C25H24N2O2S2/c1-17-5-11-22(12-6-17)31-16-23-18(2)29-25(27-23)20-9-7-19(8-10-20)24(28)26-14-13-21-4-3-15-30-21/h3-12,15H,13-14,16H2,1-2H3,(H,26,28). The summed E-state index contributed by atoms with van der Waals surface area (Å²) < 4.78 is 5.89. The van der Waals surface area contributed by atoms with Gasteiger partial charge < -0.3 is 9.73 Å². The van der Waals surface area contributed by atoms with Crippen molar-refractivity contribution in [3.63, 3.8) is 0 Å². The zero-order valence-corrected chi connectivity index (χ0v) is 19.2. The van der Waals surface area contributed by atoms with Gasteiger partial charge in [0.05, 0.1) is 5.69 Å². The van der Waals surface area contributed by atoms with E-state index in [1.807, 2.05) is 42.6 Å². The summed E-state index contributed by atoms with van der Waals surface area (Å²) in [4.78, 5) is 19.5. The number of hydrogen-bond donors (Lipinski definition) is 1. The summed E-state index contributed by atoms with van der Waals surface area (Å²) in [5.41, 5.74) is 3.69. The third-order valence-electron chi connectivity index (χ3n) is 4.92. The molecule has 0 aliphatic heterocycles. The lowest BCUT2D eigenvalue weighted by Gasteiger charge is -2.05. The van der Waals surface area contributed by atoms with E-state index in [4.69, 9.17) is 4.42 Å². The number of carbonyl (C=O) groups excluding carboxylic acids is 1. The van der Waals surface area contributed by atoms with Crippen molar-refractivity contribution in [3.8, 4) is 11.5 Å². The molecule has 4 rings (SSSR count). The maximum absolute atomic E-state index is 12.4. The number of thiophene rings is 1. The molecule has 0 saturated carbocycles. The molecule has 4 aromatic rings. The molecule has 0 aliphatic rings. The number of amides is 1. The Hall–Kier alpha value is -2.83. The maximum Gasteiger partial charge on any atom is 0.251 e. The smallest absolute Gasteiger partial charge is 0.251 e. The van der Waals surface area contributed by atoms with Crippen molar-refractivity contribution in [3.05, 3.63) is 93.5 Å². The Bertz CT molecular complexity index is 1130. The largest absolute Gasteiger partial charge is 0.441 e. The van der Waals surface area contributed by atoms with E-state index < -0.39 is 0 Å². The van der Waals surface area contributed by atoms with Crippen LogP contribution in [0.3, 0.4) is 0 Å². The number of benzene rings is 2. The van der Waals surface area contributed by atoms with Crippen LogP contribution in [0.25, 0.3) is 11.5 Å². The number of nitrogens with zero attached hydrogens (tertiary/aromatic N) is 1. The zero-order valence-electron chi connectivity index (χ0n) is 17.6. The van der Waals surface area contributed by atoms with Gasteiger partial charge in [-0.05, 0) is 68.1 Å². The summed E-state index contributed by atoms with van der Waals surface area (Å²) in [7, 11) is 0. The number of thioether (sulfide) groups is 1. The fourth-order valence-corrected chi connectivity index (χ4v) is 4.70. The zero-order chi connectivity index (χ0) is 21.6. The highest BCUT2D eigenvalue weighted by Gasteiger charge is 2.13. The quantitative estimate of drug-likeness (QED) is 0.322. The van der Waals surface area contributed by atoms with Crippen molar-refractivity contribution in [2.24, 2.45) is 0 Å². The number of oxazole rings is 1. The molecule has 158 valence electrons. The number of carbonyl (C=O) groups is 1. The highest BCUT2D eigenvalue weighted by atomic mass is 32.2. The Labute approximate surface area is 190 Å². The monoisotopic (exact) mass is 448 g/mol. The summed E-state index contributed by atoms with van der Waals surface area (Å²) in [5.74, 6) is 2.09. The van der Waals surface area contributed by atoms with Gasteiger partial charge >= 0.3 is 0 Å². The van der Waals surface area contributed by atoms with E-state index in [2.05, 4.69) is 47.6 Å². The summed E-state index contributed by atoms with van der Waals surface area (Å²) in [6.45, 7) is 4.65. The van der Waals surface area contributed by atoms with Crippen molar-refractivity contribution in [2.45, 2.75) is 30.9 Å². The van der Waals surface area contributed by atoms with Crippen LogP contribution in [0.4, 0.5) is 0 Å². The van der Waals surface area contributed by atoms with Crippen LogP contribution in [0.15, 0.2) is 75.4 Å². The molecular weight excluding hydrogens is 424 g/mol. The van der Waals surface area contributed by atoms with E-state index in [-0.39, 0.29) is 5.91 Å². The Morgan fingerprint density at radius 3 is 2.55 bits per heavy atom. The molecule has 0 fully saturated rings. The van der Waals surface area contributed by atoms with Crippen LogP contribution in [0.5, 0.6) is 0 Å². The lowest BCUT2D eigenvalue weighted by atomic mass is 10.1. The number of hydrogen-bond acceptors (Lipinski definition) is 5. The van der Waals surface area contributed by atoms with Crippen molar-refractivity contribution in [2.75, 3.05) is 6.54 Å². The molecule has 1 amide bonds. The minimum atomic E-state index is -0.0677. The average Bonchev–Trinajstić information content (AvgIpc) is 3.43. The molecule has 2 heterocycles. The summed E-state index contributed by atoms with van der Waals surface area (Å²) in [6.07, 6.45) is 0.848. The van der Waals surface area contributed by atoms with E-state index in [9.17, 15) is 4.79 Å². The molecule has 2 aromatic heterocycles. The molecule has 6 heteroatoms. The second-order valence-electron chi connectivity index (χ2n) is 7.29. The number of aromatic nitrogens is 1. The second kappa shape index (κ2) is 9.98. The van der Waals surface area contributed by atoms with Gasteiger partial charge in [-0.3, -0.25) is 4.79 Å². The molecule has 0 radical (unpaired) electrons. The molecule has 4 nitrogen and oxygen atoms in total. The number of aryl methyl sites for hydroxylation is 2. The Kier molecular flexibility index (Phi) is 6.89. The average molecular weight is 449 g/mol. The highest BCUT2D eigenvalue weighted by Crippen LogP contribution is 2.28.